The predicted octanol–water partition coefficient (Wildman–Crippen LogP) is 0.846. The van der Waals surface area contributed by atoms with Crippen molar-refractivity contribution in [2.45, 2.75) is 13.0 Å². The van der Waals surface area contributed by atoms with Crippen molar-refractivity contribution in [2.75, 3.05) is 19.3 Å². The molecule has 104 valence electrons. The number of hydrogen-bond acceptors (Lipinski definition) is 3. The summed E-state index contributed by atoms with van der Waals surface area (Å²) in [5, 5.41) is 3.44. The number of guanidine groups is 1. The molecule has 2 rings (SSSR count). The van der Waals surface area contributed by atoms with E-state index in [2.05, 4.69) is 14.7 Å². The zero-order valence-corrected chi connectivity index (χ0v) is 12.1. The lowest BCUT2D eigenvalue weighted by atomic mass is 10.2. The molecule has 1 aromatic rings. The van der Waals surface area contributed by atoms with Crippen LogP contribution in [-0.2, 0) is 16.6 Å². The lowest BCUT2D eigenvalue weighted by Crippen LogP contribution is -2.47. The van der Waals surface area contributed by atoms with Crippen molar-refractivity contribution < 1.29 is 8.42 Å². The van der Waals surface area contributed by atoms with Crippen LogP contribution in [0.2, 0.25) is 5.15 Å². The first-order valence-corrected chi connectivity index (χ1v) is 8.06. The Morgan fingerprint density at radius 1 is 1.53 bits per heavy atom. The number of halogens is 1. The molecule has 1 saturated heterocycles. The summed E-state index contributed by atoms with van der Waals surface area (Å²) in [7, 11) is -3.41. The van der Waals surface area contributed by atoms with Crippen LogP contribution in [0, 0.1) is 0 Å². The van der Waals surface area contributed by atoms with Gasteiger partial charge < -0.3 is 10.2 Å². The van der Waals surface area contributed by atoms with Gasteiger partial charge in [-0.05, 0) is 18.1 Å². The zero-order valence-electron chi connectivity index (χ0n) is 10.5. The minimum Gasteiger partial charge on any atom is -0.355 e. The van der Waals surface area contributed by atoms with Gasteiger partial charge in [-0.15, -0.1) is 4.40 Å². The van der Waals surface area contributed by atoms with Gasteiger partial charge in [0, 0.05) is 25.8 Å². The summed E-state index contributed by atoms with van der Waals surface area (Å²) in [5.74, 6) is 0.392. The Bertz CT molecular complexity index is 571. The van der Waals surface area contributed by atoms with Crippen LogP contribution in [0.25, 0.3) is 0 Å². The predicted molar refractivity (Wildman–Crippen MR) is 74.6 cm³/mol. The molecule has 1 fully saturated rings. The van der Waals surface area contributed by atoms with E-state index in [1.165, 1.54) is 0 Å². The molecule has 0 aromatic carbocycles. The summed E-state index contributed by atoms with van der Waals surface area (Å²) in [4.78, 5) is 5.89. The highest BCUT2D eigenvalue weighted by molar-refractivity contribution is 7.89. The van der Waals surface area contributed by atoms with E-state index in [1.54, 1.807) is 12.3 Å². The molecule has 0 radical (unpaired) electrons. The van der Waals surface area contributed by atoms with Crippen LogP contribution in [0.4, 0.5) is 0 Å². The molecule has 8 heteroatoms. The second-order valence-electron chi connectivity index (χ2n) is 4.34. The van der Waals surface area contributed by atoms with E-state index >= 15 is 0 Å². The number of hydrogen-bond donors (Lipinski definition) is 1. The second-order valence-corrected chi connectivity index (χ2v) is 6.37. The maximum Gasteiger partial charge on any atom is 0.253 e. The number of sulfonamides is 1. The molecule has 1 aliphatic rings. The van der Waals surface area contributed by atoms with Crippen LogP contribution in [-0.4, -0.2) is 43.6 Å². The van der Waals surface area contributed by atoms with Crippen molar-refractivity contribution in [2.24, 2.45) is 4.40 Å². The highest BCUT2D eigenvalue weighted by Gasteiger charge is 2.18. The van der Waals surface area contributed by atoms with E-state index in [9.17, 15) is 8.42 Å². The maximum absolute atomic E-state index is 11.3. The van der Waals surface area contributed by atoms with Gasteiger partial charge in [0.15, 0.2) is 0 Å². The number of aromatic nitrogens is 1. The van der Waals surface area contributed by atoms with Crippen LogP contribution < -0.4 is 5.32 Å². The summed E-state index contributed by atoms with van der Waals surface area (Å²) in [6.45, 7) is 2.03. The molecule has 6 nitrogen and oxygen atoms in total. The molecule has 2 heterocycles. The molecule has 0 spiro atoms. The van der Waals surface area contributed by atoms with Gasteiger partial charge >= 0.3 is 0 Å². The molecule has 19 heavy (non-hydrogen) atoms. The van der Waals surface area contributed by atoms with Gasteiger partial charge in [0.1, 0.15) is 5.15 Å². The molecule has 0 bridgehead atoms. The standard InChI is InChI=1S/C11H15ClN4O2S/c1-19(17,18)15-11-13-5-2-6-16(11)8-9-3-4-10(12)14-7-9/h3-4,7H,2,5-6,8H2,1H3,(H,13,15). The molecule has 0 amide bonds. The van der Waals surface area contributed by atoms with Crippen LogP contribution in [0.1, 0.15) is 12.0 Å². The Balaban J connectivity index is 2.16. The third-order valence-corrected chi connectivity index (χ3v) is 3.33. The second kappa shape index (κ2) is 5.75. The average molecular weight is 303 g/mol. The Morgan fingerprint density at radius 3 is 2.95 bits per heavy atom. The van der Waals surface area contributed by atoms with Gasteiger partial charge in [0.05, 0.1) is 6.26 Å². The third-order valence-electron chi connectivity index (χ3n) is 2.60. The molecule has 1 N–H and O–H groups in total. The first-order valence-electron chi connectivity index (χ1n) is 5.83. The van der Waals surface area contributed by atoms with E-state index in [0.29, 0.717) is 17.7 Å². The van der Waals surface area contributed by atoms with E-state index in [1.807, 2.05) is 11.0 Å². The number of pyridine rings is 1. The largest absolute Gasteiger partial charge is 0.355 e. The number of nitrogens with zero attached hydrogens (tertiary/aromatic N) is 3. The van der Waals surface area contributed by atoms with Crippen molar-refractivity contribution in [3.05, 3.63) is 29.0 Å². The smallest absolute Gasteiger partial charge is 0.253 e. The van der Waals surface area contributed by atoms with Crippen molar-refractivity contribution in [3.8, 4) is 0 Å². The van der Waals surface area contributed by atoms with Crippen molar-refractivity contribution in [1.82, 2.24) is 15.2 Å². The Labute approximate surface area is 117 Å². The number of rotatable bonds is 3. The summed E-state index contributed by atoms with van der Waals surface area (Å²) in [6.07, 6.45) is 3.69. The monoisotopic (exact) mass is 302 g/mol. The summed E-state index contributed by atoms with van der Waals surface area (Å²) < 4.78 is 26.2. The highest BCUT2D eigenvalue weighted by Crippen LogP contribution is 2.10. The van der Waals surface area contributed by atoms with Crippen LogP contribution in [0.3, 0.4) is 0 Å². The van der Waals surface area contributed by atoms with Crippen molar-refractivity contribution >= 4 is 27.6 Å². The van der Waals surface area contributed by atoms with E-state index in [0.717, 1.165) is 31.3 Å². The van der Waals surface area contributed by atoms with Crippen molar-refractivity contribution in [1.29, 1.82) is 0 Å². The van der Waals surface area contributed by atoms with Crippen LogP contribution >= 0.6 is 11.6 Å². The van der Waals surface area contributed by atoms with Gasteiger partial charge in [0.25, 0.3) is 10.0 Å². The fourth-order valence-corrected chi connectivity index (χ4v) is 2.42. The molecule has 0 unspecified atom stereocenters. The summed E-state index contributed by atoms with van der Waals surface area (Å²) >= 11 is 5.73. The van der Waals surface area contributed by atoms with Gasteiger partial charge in [-0.3, -0.25) is 0 Å². The normalized spacial score (nSPS) is 18.4. The molecule has 1 aromatic heterocycles. The molecule has 0 atom stereocenters. The van der Waals surface area contributed by atoms with Crippen molar-refractivity contribution in [3.63, 3.8) is 0 Å². The minimum atomic E-state index is -3.41. The Kier molecular flexibility index (Phi) is 4.26. The molecule has 1 aliphatic heterocycles. The van der Waals surface area contributed by atoms with Gasteiger partial charge in [-0.1, -0.05) is 17.7 Å². The molecular formula is C11H15ClN4O2S. The molecule has 0 aliphatic carbocycles. The maximum atomic E-state index is 11.3. The van der Waals surface area contributed by atoms with Crippen LogP contribution in [0.5, 0.6) is 0 Å². The van der Waals surface area contributed by atoms with Gasteiger partial charge in [0.2, 0.25) is 5.96 Å². The van der Waals surface area contributed by atoms with E-state index in [4.69, 9.17) is 11.6 Å². The minimum absolute atomic E-state index is 0.392. The fourth-order valence-electron chi connectivity index (χ4n) is 1.81. The summed E-state index contributed by atoms with van der Waals surface area (Å²) in [5.41, 5.74) is 0.953. The fraction of sp³-hybridized carbons (Fsp3) is 0.455. The Hall–Kier alpha value is -1.34. The molecule has 0 saturated carbocycles. The average Bonchev–Trinajstić information content (AvgIpc) is 2.33. The summed E-state index contributed by atoms with van der Waals surface area (Å²) in [6, 6.07) is 3.57. The van der Waals surface area contributed by atoms with Gasteiger partial charge in [-0.25, -0.2) is 13.4 Å². The quantitative estimate of drug-likeness (QED) is 0.838. The first-order chi connectivity index (χ1) is 8.94. The topological polar surface area (TPSA) is 74.7 Å². The van der Waals surface area contributed by atoms with E-state index < -0.39 is 10.0 Å². The zero-order chi connectivity index (χ0) is 13.9. The number of nitrogens with one attached hydrogen (secondary N) is 1. The molecular weight excluding hydrogens is 288 g/mol. The lowest BCUT2D eigenvalue weighted by Gasteiger charge is -2.30. The Morgan fingerprint density at radius 2 is 2.32 bits per heavy atom. The van der Waals surface area contributed by atoms with E-state index in [-0.39, 0.29) is 0 Å². The first kappa shape index (κ1) is 14.1. The van der Waals surface area contributed by atoms with Gasteiger partial charge in [-0.2, -0.15) is 0 Å². The lowest BCUT2D eigenvalue weighted by molar-refractivity contribution is 0.361. The van der Waals surface area contributed by atoms with Crippen LogP contribution in [0.15, 0.2) is 22.7 Å². The third kappa shape index (κ3) is 4.36. The SMILES string of the molecule is CS(=O)(=O)N=C1NCCCN1Cc1ccc(Cl)nc1. The highest BCUT2D eigenvalue weighted by atomic mass is 35.5.